The van der Waals surface area contributed by atoms with Crippen LogP contribution in [0.2, 0.25) is 10.0 Å². The second-order valence-corrected chi connectivity index (χ2v) is 5.49. The van der Waals surface area contributed by atoms with Gasteiger partial charge in [0, 0.05) is 16.0 Å². The van der Waals surface area contributed by atoms with Crippen LogP contribution in [-0.4, -0.2) is 6.09 Å². The molecule has 2 aromatic carbocycles. The Balaban J connectivity index is 1.79. The van der Waals surface area contributed by atoms with Gasteiger partial charge in [0.25, 0.3) is 0 Å². The molecular formula is C16H11Cl2NO3. The number of nitrogens with one attached hydrogen (secondary N) is 1. The zero-order valence-electron chi connectivity index (χ0n) is 11.5. The van der Waals surface area contributed by atoms with E-state index in [2.05, 4.69) is 5.32 Å². The van der Waals surface area contributed by atoms with Crippen molar-refractivity contribution >= 4 is 46.1 Å². The average Bonchev–Trinajstić information content (AvgIpc) is 2.79. The van der Waals surface area contributed by atoms with Crippen LogP contribution in [0.3, 0.4) is 0 Å². The summed E-state index contributed by atoms with van der Waals surface area (Å²) in [7, 11) is 0. The number of aryl methyl sites for hydroxylation is 1. The lowest BCUT2D eigenvalue weighted by Gasteiger charge is -2.07. The average molecular weight is 336 g/mol. The van der Waals surface area contributed by atoms with Gasteiger partial charge >= 0.3 is 6.09 Å². The maximum absolute atomic E-state index is 12.0. The zero-order chi connectivity index (χ0) is 15.7. The SMILES string of the molecule is Cc1c(NC(=O)Oc2ccc(Cl)cc2Cl)oc2ccccc12. The molecule has 0 aliphatic rings. The Labute approximate surface area is 136 Å². The van der Waals surface area contributed by atoms with Gasteiger partial charge in [0.1, 0.15) is 5.58 Å². The van der Waals surface area contributed by atoms with Crippen LogP contribution >= 0.6 is 23.2 Å². The molecule has 3 aromatic rings. The molecule has 0 bridgehead atoms. The lowest BCUT2D eigenvalue weighted by Crippen LogP contribution is -2.17. The molecule has 1 heterocycles. The van der Waals surface area contributed by atoms with Gasteiger partial charge < -0.3 is 9.15 Å². The summed E-state index contributed by atoms with van der Waals surface area (Å²) in [6.07, 6.45) is -0.689. The molecule has 0 saturated heterocycles. The van der Waals surface area contributed by atoms with E-state index in [-0.39, 0.29) is 10.8 Å². The highest BCUT2D eigenvalue weighted by molar-refractivity contribution is 6.35. The van der Waals surface area contributed by atoms with Gasteiger partial charge in [-0.05, 0) is 31.2 Å². The highest BCUT2D eigenvalue weighted by atomic mass is 35.5. The number of anilines is 1. The van der Waals surface area contributed by atoms with Crippen molar-refractivity contribution in [2.75, 3.05) is 5.32 Å². The Morgan fingerprint density at radius 2 is 1.95 bits per heavy atom. The van der Waals surface area contributed by atoms with Crippen molar-refractivity contribution < 1.29 is 13.9 Å². The standard InChI is InChI=1S/C16H11Cl2NO3/c1-9-11-4-2-3-5-13(11)21-15(9)19-16(20)22-14-7-6-10(17)8-12(14)18/h2-8H,1H3,(H,19,20). The Hall–Kier alpha value is -2.17. The number of para-hydroxylation sites is 1. The molecule has 0 aliphatic heterocycles. The van der Waals surface area contributed by atoms with Crippen molar-refractivity contribution in [2.24, 2.45) is 0 Å². The molecule has 6 heteroatoms. The van der Waals surface area contributed by atoms with Gasteiger partial charge in [-0.3, -0.25) is 5.32 Å². The number of rotatable bonds is 2. The Morgan fingerprint density at radius 3 is 2.68 bits per heavy atom. The van der Waals surface area contributed by atoms with E-state index in [9.17, 15) is 4.79 Å². The van der Waals surface area contributed by atoms with Crippen molar-refractivity contribution in [3.63, 3.8) is 0 Å². The fraction of sp³-hybridized carbons (Fsp3) is 0.0625. The van der Waals surface area contributed by atoms with Crippen LogP contribution in [0.15, 0.2) is 46.9 Å². The molecule has 0 atom stereocenters. The quantitative estimate of drug-likeness (QED) is 0.657. The first-order valence-electron chi connectivity index (χ1n) is 6.46. The number of benzene rings is 2. The van der Waals surface area contributed by atoms with Crippen molar-refractivity contribution in [1.82, 2.24) is 0 Å². The Morgan fingerprint density at radius 1 is 1.18 bits per heavy atom. The summed E-state index contributed by atoms with van der Waals surface area (Å²) in [4.78, 5) is 12.0. The number of furan rings is 1. The summed E-state index contributed by atoms with van der Waals surface area (Å²) >= 11 is 11.8. The van der Waals surface area contributed by atoms with E-state index in [1.165, 1.54) is 12.1 Å². The molecule has 4 nitrogen and oxygen atoms in total. The molecular weight excluding hydrogens is 325 g/mol. The lowest BCUT2D eigenvalue weighted by atomic mass is 10.2. The van der Waals surface area contributed by atoms with Crippen molar-refractivity contribution in [3.05, 3.63) is 58.1 Å². The second-order valence-electron chi connectivity index (χ2n) is 4.64. The molecule has 3 rings (SSSR count). The Kier molecular flexibility index (Phi) is 3.96. The molecule has 112 valence electrons. The predicted molar refractivity (Wildman–Crippen MR) is 87.1 cm³/mol. The third kappa shape index (κ3) is 2.89. The van der Waals surface area contributed by atoms with Gasteiger partial charge in [0.15, 0.2) is 5.75 Å². The van der Waals surface area contributed by atoms with Crippen LogP contribution in [0, 0.1) is 6.92 Å². The van der Waals surface area contributed by atoms with E-state index < -0.39 is 6.09 Å². The summed E-state index contributed by atoms with van der Waals surface area (Å²) in [6, 6.07) is 12.1. The fourth-order valence-electron chi connectivity index (χ4n) is 2.07. The molecule has 1 N–H and O–H groups in total. The van der Waals surface area contributed by atoms with E-state index in [0.717, 1.165) is 10.9 Å². The number of ether oxygens (including phenoxy) is 1. The molecule has 1 amide bonds. The molecule has 0 aliphatic carbocycles. The minimum absolute atomic E-state index is 0.220. The number of carbonyl (C=O) groups excluding carboxylic acids is 1. The van der Waals surface area contributed by atoms with Crippen LogP contribution in [0.4, 0.5) is 10.7 Å². The van der Waals surface area contributed by atoms with Crippen LogP contribution in [0.25, 0.3) is 11.0 Å². The first kappa shape index (κ1) is 14.8. The van der Waals surface area contributed by atoms with E-state index in [1.54, 1.807) is 6.07 Å². The van der Waals surface area contributed by atoms with Gasteiger partial charge in [0.05, 0.1) is 5.02 Å². The number of hydrogen-bond acceptors (Lipinski definition) is 3. The van der Waals surface area contributed by atoms with Crippen LogP contribution in [0.1, 0.15) is 5.56 Å². The molecule has 1 aromatic heterocycles. The number of hydrogen-bond donors (Lipinski definition) is 1. The fourth-order valence-corrected chi connectivity index (χ4v) is 2.52. The number of amides is 1. The first-order valence-corrected chi connectivity index (χ1v) is 7.22. The molecule has 0 fully saturated rings. The van der Waals surface area contributed by atoms with Gasteiger partial charge in [-0.2, -0.15) is 0 Å². The largest absolute Gasteiger partial charge is 0.440 e. The maximum atomic E-state index is 12.0. The normalized spacial score (nSPS) is 10.7. The maximum Gasteiger partial charge on any atom is 0.419 e. The van der Waals surface area contributed by atoms with Crippen molar-refractivity contribution in [3.8, 4) is 5.75 Å². The van der Waals surface area contributed by atoms with E-state index >= 15 is 0 Å². The van der Waals surface area contributed by atoms with Gasteiger partial charge in [-0.1, -0.05) is 41.4 Å². The van der Waals surface area contributed by atoms with E-state index in [4.69, 9.17) is 32.4 Å². The third-order valence-electron chi connectivity index (χ3n) is 3.16. The summed E-state index contributed by atoms with van der Waals surface area (Å²) in [5.74, 6) is 0.564. The number of halogens is 2. The minimum atomic E-state index is -0.689. The highest BCUT2D eigenvalue weighted by Gasteiger charge is 2.15. The van der Waals surface area contributed by atoms with E-state index in [1.807, 2.05) is 31.2 Å². The summed E-state index contributed by atoms with van der Waals surface area (Å²) in [5.41, 5.74) is 1.52. The third-order valence-corrected chi connectivity index (χ3v) is 3.69. The smallest absolute Gasteiger partial charge is 0.419 e. The molecule has 0 spiro atoms. The molecule has 22 heavy (non-hydrogen) atoms. The number of fused-ring (bicyclic) bond motifs is 1. The van der Waals surface area contributed by atoms with Gasteiger partial charge in [-0.25, -0.2) is 4.79 Å². The van der Waals surface area contributed by atoms with Crippen molar-refractivity contribution in [1.29, 1.82) is 0 Å². The number of carbonyl (C=O) groups is 1. The summed E-state index contributed by atoms with van der Waals surface area (Å²) in [6.45, 7) is 1.86. The predicted octanol–water partition coefficient (Wildman–Crippen LogP) is 5.66. The second kappa shape index (κ2) is 5.91. The van der Waals surface area contributed by atoms with Gasteiger partial charge in [-0.15, -0.1) is 0 Å². The first-order chi connectivity index (χ1) is 10.5. The van der Waals surface area contributed by atoms with Gasteiger partial charge in [0.2, 0.25) is 5.88 Å². The molecule has 0 saturated carbocycles. The zero-order valence-corrected chi connectivity index (χ0v) is 13.0. The lowest BCUT2D eigenvalue weighted by molar-refractivity contribution is 0.214. The topological polar surface area (TPSA) is 51.5 Å². The van der Waals surface area contributed by atoms with Crippen LogP contribution in [0.5, 0.6) is 5.75 Å². The van der Waals surface area contributed by atoms with Crippen LogP contribution < -0.4 is 10.1 Å². The summed E-state index contributed by atoms with van der Waals surface area (Å²) < 4.78 is 10.7. The monoisotopic (exact) mass is 335 g/mol. The van der Waals surface area contributed by atoms with Crippen LogP contribution in [-0.2, 0) is 0 Å². The highest BCUT2D eigenvalue weighted by Crippen LogP contribution is 2.30. The van der Waals surface area contributed by atoms with E-state index in [0.29, 0.717) is 16.5 Å². The molecule has 0 unspecified atom stereocenters. The van der Waals surface area contributed by atoms with Crippen molar-refractivity contribution in [2.45, 2.75) is 6.92 Å². The Bertz CT molecular complexity index is 858. The summed E-state index contributed by atoms with van der Waals surface area (Å²) in [5, 5.41) is 4.22. The molecule has 0 radical (unpaired) electrons. The minimum Gasteiger partial charge on any atom is -0.440 e.